The van der Waals surface area contributed by atoms with E-state index in [-0.39, 0.29) is 12.2 Å². The number of rotatable bonds is 3. The van der Waals surface area contributed by atoms with Crippen LogP contribution in [0.1, 0.15) is 13.8 Å². The van der Waals surface area contributed by atoms with Gasteiger partial charge in [0, 0.05) is 39.3 Å². The van der Waals surface area contributed by atoms with Gasteiger partial charge in [0.2, 0.25) is 0 Å². The van der Waals surface area contributed by atoms with Crippen LogP contribution in [0.2, 0.25) is 5.02 Å². The van der Waals surface area contributed by atoms with Gasteiger partial charge < -0.3 is 9.64 Å². The first kappa shape index (κ1) is 17.9. The average Bonchev–Trinajstić information content (AvgIpc) is 2.54. The van der Waals surface area contributed by atoms with Gasteiger partial charge >= 0.3 is 0 Å². The summed E-state index contributed by atoms with van der Waals surface area (Å²) in [5.74, 6) is 0. The number of benzene rings is 1. The first-order chi connectivity index (χ1) is 11.4. The largest absolute Gasteiger partial charge is 0.373 e. The van der Waals surface area contributed by atoms with Crippen molar-refractivity contribution >= 4 is 27.5 Å². The Hall–Kier alpha value is -0.860. The van der Waals surface area contributed by atoms with Crippen molar-refractivity contribution in [1.29, 1.82) is 0 Å². The summed E-state index contributed by atoms with van der Waals surface area (Å²) in [6.45, 7) is 6.86. The molecular formula is C16H24ClN3O3S. The molecule has 1 aromatic rings. The average molecular weight is 374 g/mol. The van der Waals surface area contributed by atoms with E-state index in [1.165, 1.54) is 0 Å². The summed E-state index contributed by atoms with van der Waals surface area (Å²) in [6.07, 6.45) is -0.152. The zero-order valence-corrected chi connectivity index (χ0v) is 15.6. The van der Waals surface area contributed by atoms with E-state index in [4.69, 9.17) is 16.3 Å². The van der Waals surface area contributed by atoms with Crippen LogP contribution in [0.25, 0.3) is 0 Å². The molecule has 0 bridgehead atoms. The summed E-state index contributed by atoms with van der Waals surface area (Å²) in [4.78, 5) is 2.14. The van der Waals surface area contributed by atoms with E-state index in [2.05, 4.69) is 4.90 Å². The highest BCUT2D eigenvalue weighted by molar-refractivity contribution is 7.86. The molecule has 0 aromatic heterocycles. The molecule has 2 aliphatic rings. The molecule has 0 aliphatic carbocycles. The molecule has 2 aliphatic heterocycles. The van der Waals surface area contributed by atoms with E-state index in [1.807, 2.05) is 38.1 Å². The second-order valence-electron chi connectivity index (χ2n) is 6.42. The molecule has 0 radical (unpaired) electrons. The normalized spacial score (nSPS) is 27.4. The minimum atomic E-state index is -3.44. The highest BCUT2D eigenvalue weighted by Crippen LogP contribution is 2.27. The second kappa shape index (κ2) is 7.17. The highest BCUT2D eigenvalue weighted by atomic mass is 35.5. The summed E-state index contributed by atoms with van der Waals surface area (Å²) >= 11 is 6.24. The molecular weight excluding hydrogens is 350 g/mol. The lowest BCUT2D eigenvalue weighted by atomic mass is 10.2. The molecule has 6 nitrogen and oxygen atoms in total. The van der Waals surface area contributed by atoms with Gasteiger partial charge in [-0.15, -0.1) is 0 Å². The molecule has 3 rings (SSSR count). The van der Waals surface area contributed by atoms with Crippen LogP contribution in [0.4, 0.5) is 5.69 Å². The fourth-order valence-electron chi connectivity index (χ4n) is 3.35. The van der Waals surface area contributed by atoms with Gasteiger partial charge in [-0.2, -0.15) is 17.0 Å². The molecule has 134 valence electrons. The highest BCUT2D eigenvalue weighted by Gasteiger charge is 2.36. The minimum Gasteiger partial charge on any atom is -0.373 e. The van der Waals surface area contributed by atoms with Crippen LogP contribution in [0, 0.1) is 0 Å². The van der Waals surface area contributed by atoms with Crippen molar-refractivity contribution in [2.45, 2.75) is 26.1 Å². The third-order valence-electron chi connectivity index (χ3n) is 4.47. The number of piperazine rings is 1. The summed E-state index contributed by atoms with van der Waals surface area (Å²) < 4.78 is 34.6. The van der Waals surface area contributed by atoms with Gasteiger partial charge in [-0.1, -0.05) is 23.7 Å². The first-order valence-electron chi connectivity index (χ1n) is 8.28. The quantitative estimate of drug-likeness (QED) is 0.811. The molecule has 0 spiro atoms. The molecule has 2 saturated heterocycles. The van der Waals surface area contributed by atoms with Crippen LogP contribution in [-0.2, 0) is 14.9 Å². The van der Waals surface area contributed by atoms with E-state index >= 15 is 0 Å². The molecule has 0 saturated carbocycles. The number of hydrogen-bond acceptors (Lipinski definition) is 4. The number of morpholine rings is 1. The zero-order valence-electron chi connectivity index (χ0n) is 14.1. The summed E-state index contributed by atoms with van der Waals surface area (Å²) in [7, 11) is -3.44. The van der Waals surface area contributed by atoms with E-state index in [1.54, 1.807) is 8.61 Å². The lowest BCUT2D eigenvalue weighted by molar-refractivity contribution is -0.0455. The topological polar surface area (TPSA) is 53.1 Å². The molecule has 2 fully saturated rings. The van der Waals surface area contributed by atoms with Gasteiger partial charge in [-0.25, -0.2) is 0 Å². The van der Waals surface area contributed by atoms with E-state index < -0.39 is 10.2 Å². The number of halogens is 1. The fourth-order valence-corrected chi connectivity index (χ4v) is 5.35. The van der Waals surface area contributed by atoms with E-state index in [0.717, 1.165) is 5.69 Å². The molecule has 0 unspecified atom stereocenters. The Morgan fingerprint density at radius 2 is 1.58 bits per heavy atom. The summed E-state index contributed by atoms with van der Waals surface area (Å²) in [5.41, 5.74) is 0.963. The van der Waals surface area contributed by atoms with Crippen molar-refractivity contribution in [2.75, 3.05) is 44.2 Å². The van der Waals surface area contributed by atoms with Crippen molar-refractivity contribution in [3.63, 3.8) is 0 Å². The predicted octanol–water partition coefficient (Wildman–Crippen LogP) is 1.82. The molecule has 2 atom stereocenters. The van der Waals surface area contributed by atoms with Crippen molar-refractivity contribution in [2.24, 2.45) is 0 Å². The van der Waals surface area contributed by atoms with Crippen LogP contribution >= 0.6 is 11.6 Å². The maximum Gasteiger partial charge on any atom is 0.282 e. The smallest absolute Gasteiger partial charge is 0.282 e. The first-order valence-corrected chi connectivity index (χ1v) is 10.1. The van der Waals surface area contributed by atoms with Crippen molar-refractivity contribution in [1.82, 2.24) is 8.61 Å². The number of nitrogens with zero attached hydrogens (tertiary/aromatic N) is 3. The van der Waals surface area contributed by atoms with Crippen molar-refractivity contribution in [3.8, 4) is 0 Å². The van der Waals surface area contributed by atoms with Gasteiger partial charge in [0.05, 0.1) is 22.9 Å². The third-order valence-corrected chi connectivity index (χ3v) is 6.76. The second-order valence-corrected chi connectivity index (χ2v) is 8.76. The lowest BCUT2D eigenvalue weighted by Gasteiger charge is -2.40. The Kier molecular flexibility index (Phi) is 5.36. The number of hydrogen-bond donors (Lipinski definition) is 0. The number of anilines is 1. The van der Waals surface area contributed by atoms with Gasteiger partial charge in [-0.3, -0.25) is 0 Å². The van der Waals surface area contributed by atoms with Crippen LogP contribution in [0.3, 0.4) is 0 Å². The molecule has 0 amide bonds. The lowest BCUT2D eigenvalue weighted by Crippen LogP contribution is -2.57. The SMILES string of the molecule is C[C@H]1CN(S(=O)(=O)N2CCN(c3ccccc3Cl)CC2)C[C@H](C)O1. The summed E-state index contributed by atoms with van der Waals surface area (Å²) in [6, 6.07) is 7.67. The van der Waals surface area contributed by atoms with Crippen LogP contribution in [0.15, 0.2) is 24.3 Å². The van der Waals surface area contributed by atoms with Crippen molar-refractivity contribution < 1.29 is 13.2 Å². The molecule has 1 aromatic carbocycles. The monoisotopic (exact) mass is 373 g/mol. The Morgan fingerprint density at radius 3 is 2.17 bits per heavy atom. The van der Waals surface area contributed by atoms with Gasteiger partial charge in [0.15, 0.2) is 0 Å². The Labute approximate surface area is 149 Å². The van der Waals surface area contributed by atoms with E-state index in [0.29, 0.717) is 44.3 Å². The van der Waals surface area contributed by atoms with Gasteiger partial charge in [0.1, 0.15) is 0 Å². The van der Waals surface area contributed by atoms with Crippen LogP contribution in [0.5, 0.6) is 0 Å². The fraction of sp³-hybridized carbons (Fsp3) is 0.625. The maximum absolute atomic E-state index is 12.9. The Bertz CT molecular complexity index is 667. The number of ether oxygens (including phenoxy) is 1. The molecule has 0 N–H and O–H groups in total. The van der Waals surface area contributed by atoms with E-state index in [9.17, 15) is 8.42 Å². The molecule has 8 heteroatoms. The zero-order chi connectivity index (χ0) is 17.3. The Balaban J connectivity index is 1.66. The van der Waals surface area contributed by atoms with Crippen LogP contribution in [-0.4, -0.2) is 68.5 Å². The maximum atomic E-state index is 12.9. The molecule has 2 heterocycles. The predicted molar refractivity (Wildman–Crippen MR) is 95.7 cm³/mol. The van der Waals surface area contributed by atoms with Gasteiger partial charge in [-0.05, 0) is 26.0 Å². The minimum absolute atomic E-state index is 0.0760. The van der Waals surface area contributed by atoms with Crippen LogP contribution < -0.4 is 4.90 Å². The van der Waals surface area contributed by atoms with Gasteiger partial charge in [0.25, 0.3) is 10.2 Å². The third kappa shape index (κ3) is 3.70. The standard InChI is InChI=1S/C16H24ClN3O3S/c1-13-11-20(12-14(2)23-13)24(21,22)19-9-7-18(8-10-19)16-6-4-3-5-15(16)17/h3-6,13-14H,7-12H2,1-2H3/t13-,14-/m0/s1. The number of para-hydroxylation sites is 1. The Morgan fingerprint density at radius 1 is 1.00 bits per heavy atom. The van der Waals surface area contributed by atoms with Crippen molar-refractivity contribution in [3.05, 3.63) is 29.3 Å². The summed E-state index contributed by atoms with van der Waals surface area (Å²) in [5, 5.41) is 0.699. The molecule has 24 heavy (non-hydrogen) atoms.